The number of amides is 1. The second kappa shape index (κ2) is 4.29. The highest BCUT2D eigenvalue weighted by molar-refractivity contribution is 6.05. The Labute approximate surface area is 101 Å². The van der Waals surface area contributed by atoms with Gasteiger partial charge in [-0.1, -0.05) is 6.92 Å². The van der Waals surface area contributed by atoms with Crippen molar-refractivity contribution in [3.05, 3.63) is 0 Å². The van der Waals surface area contributed by atoms with Crippen LogP contribution in [-0.2, 0) is 14.3 Å². The van der Waals surface area contributed by atoms with Gasteiger partial charge in [0.1, 0.15) is 5.41 Å². The maximum atomic E-state index is 12.3. The number of carbonyl (C=O) groups is 2. The first-order valence-electron chi connectivity index (χ1n) is 6.17. The normalized spacial score (nSPS) is 31.1. The van der Waals surface area contributed by atoms with Crippen LogP contribution in [0.15, 0.2) is 0 Å². The molecule has 0 radical (unpaired) electrons. The van der Waals surface area contributed by atoms with Crippen LogP contribution in [0.5, 0.6) is 0 Å². The summed E-state index contributed by atoms with van der Waals surface area (Å²) in [6.45, 7) is 4.92. The zero-order valence-corrected chi connectivity index (χ0v) is 10.3. The van der Waals surface area contributed by atoms with Crippen LogP contribution in [0.2, 0.25) is 0 Å². The van der Waals surface area contributed by atoms with E-state index in [4.69, 9.17) is 9.84 Å². The lowest BCUT2D eigenvalue weighted by molar-refractivity contribution is -0.160. The molecule has 0 bridgehead atoms. The molecule has 2 fully saturated rings. The average molecular weight is 241 g/mol. The third kappa shape index (κ3) is 2.04. The predicted molar refractivity (Wildman–Crippen MR) is 60.5 cm³/mol. The second-order valence-electron chi connectivity index (χ2n) is 5.05. The second-order valence-corrected chi connectivity index (χ2v) is 5.05. The van der Waals surface area contributed by atoms with Crippen molar-refractivity contribution in [1.82, 2.24) is 4.90 Å². The summed E-state index contributed by atoms with van der Waals surface area (Å²) in [6, 6.07) is 0.0236. The number of hydrogen-bond acceptors (Lipinski definition) is 3. The minimum absolute atomic E-state index is 0.00801. The molecule has 1 saturated carbocycles. The molecule has 1 saturated heterocycles. The van der Waals surface area contributed by atoms with Gasteiger partial charge in [-0.3, -0.25) is 9.59 Å². The number of hydrogen-bond donors (Lipinski definition) is 1. The van der Waals surface area contributed by atoms with Gasteiger partial charge in [0.25, 0.3) is 0 Å². The van der Waals surface area contributed by atoms with Crippen LogP contribution in [0, 0.1) is 5.41 Å². The fourth-order valence-corrected chi connectivity index (χ4v) is 2.35. The Kier molecular flexibility index (Phi) is 3.12. The summed E-state index contributed by atoms with van der Waals surface area (Å²) < 4.78 is 5.51. The molecule has 1 aliphatic carbocycles. The molecule has 5 heteroatoms. The summed E-state index contributed by atoms with van der Waals surface area (Å²) in [4.78, 5) is 25.2. The molecule has 1 N–H and O–H groups in total. The molecular weight excluding hydrogens is 222 g/mol. The maximum Gasteiger partial charge on any atom is 0.319 e. The third-order valence-electron chi connectivity index (χ3n) is 3.77. The fourth-order valence-electron chi connectivity index (χ4n) is 2.35. The lowest BCUT2D eigenvalue weighted by Gasteiger charge is -2.39. The monoisotopic (exact) mass is 241 g/mol. The topological polar surface area (TPSA) is 66.8 Å². The van der Waals surface area contributed by atoms with Crippen LogP contribution in [0.3, 0.4) is 0 Å². The van der Waals surface area contributed by atoms with Crippen molar-refractivity contribution in [3.8, 4) is 0 Å². The zero-order valence-electron chi connectivity index (χ0n) is 10.3. The van der Waals surface area contributed by atoms with Gasteiger partial charge in [0.15, 0.2) is 0 Å². The van der Waals surface area contributed by atoms with Crippen LogP contribution in [0.4, 0.5) is 0 Å². The summed E-state index contributed by atoms with van der Waals surface area (Å²) in [7, 11) is 0. The van der Waals surface area contributed by atoms with Crippen LogP contribution < -0.4 is 0 Å². The number of aliphatic carboxylic acids is 1. The van der Waals surface area contributed by atoms with Crippen molar-refractivity contribution in [2.24, 2.45) is 5.41 Å². The Bertz CT molecular complexity index is 337. The number of morpholine rings is 1. The highest BCUT2D eigenvalue weighted by Gasteiger charge is 2.59. The van der Waals surface area contributed by atoms with E-state index in [-0.39, 0.29) is 18.1 Å². The first kappa shape index (κ1) is 12.4. The minimum atomic E-state index is -1.12. The smallest absolute Gasteiger partial charge is 0.319 e. The molecule has 5 nitrogen and oxygen atoms in total. The van der Waals surface area contributed by atoms with Gasteiger partial charge in [-0.15, -0.1) is 0 Å². The van der Waals surface area contributed by atoms with Gasteiger partial charge < -0.3 is 14.7 Å². The van der Waals surface area contributed by atoms with E-state index in [0.717, 1.165) is 6.42 Å². The lowest BCUT2D eigenvalue weighted by Crippen LogP contribution is -2.54. The Morgan fingerprint density at radius 3 is 2.59 bits per heavy atom. The van der Waals surface area contributed by atoms with Crippen LogP contribution in [-0.4, -0.2) is 47.2 Å². The standard InChI is InChI=1S/C12H19NO4/c1-3-9-7-17-8(2)6-13(9)10(14)12(4-5-12)11(15)16/h8-9H,3-7H2,1-2H3,(H,15,16). The first-order valence-corrected chi connectivity index (χ1v) is 6.17. The SMILES string of the molecule is CCC1COC(C)CN1C(=O)C1(C(=O)O)CC1. The van der Waals surface area contributed by atoms with E-state index in [1.807, 2.05) is 13.8 Å². The Hall–Kier alpha value is -1.10. The molecule has 17 heavy (non-hydrogen) atoms. The van der Waals surface area contributed by atoms with E-state index >= 15 is 0 Å². The number of rotatable bonds is 3. The predicted octanol–water partition coefficient (Wildman–Crippen LogP) is 0.877. The first-order chi connectivity index (χ1) is 8.01. The Morgan fingerprint density at radius 2 is 2.12 bits per heavy atom. The molecule has 2 rings (SSSR count). The van der Waals surface area contributed by atoms with Crippen LogP contribution >= 0.6 is 0 Å². The van der Waals surface area contributed by atoms with E-state index in [1.165, 1.54) is 0 Å². The van der Waals surface area contributed by atoms with Crippen LogP contribution in [0.25, 0.3) is 0 Å². The minimum Gasteiger partial charge on any atom is -0.480 e. The lowest BCUT2D eigenvalue weighted by atomic mass is 10.0. The van der Waals surface area contributed by atoms with Crippen molar-refractivity contribution < 1.29 is 19.4 Å². The summed E-state index contributed by atoms with van der Waals surface area (Å²) in [5.74, 6) is -1.19. The van der Waals surface area contributed by atoms with E-state index in [2.05, 4.69) is 0 Å². The van der Waals surface area contributed by atoms with Gasteiger partial charge in [0.05, 0.1) is 18.8 Å². The van der Waals surface area contributed by atoms with Crippen molar-refractivity contribution >= 4 is 11.9 Å². The van der Waals surface area contributed by atoms with Crippen molar-refractivity contribution in [3.63, 3.8) is 0 Å². The van der Waals surface area contributed by atoms with E-state index < -0.39 is 11.4 Å². The number of ether oxygens (including phenoxy) is 1. The van der Waals surface area contributed by atoms with E-state index in [0.29, 0.717) is 26.0 Å². The van der Waals surface area contributed by atoms with Gasteiger partial charge in [-0.05, 0) is 26.2 Å². The van der Waals surface area contributed by atoms with Crippen LogP contribution in [0.1, 0.15) is 33.1 Å². The molecule has 2 unspecified atom stereocenters. The molecule has 1 heterocycles. The molecule has 1 amide bonds. The van der Waals surface area contributed by atoms with Gasteiger partial charge in [0, 0.05) is 6.54 Å². The number of carbonyl (C=O) groups excluding carboxylic acids is 1. The van der Waals surface area contributed by atoms with Crippen molar-refractivity contribution in [1.29, 1.82) is 0 Å². The summed E-state index contributed by atoms with van der Waals surface area (Å²) in [5.41, 5.74) is -1.12. The quantitative estimate of drug-likeness (QED) is 0.745. The highest BCUT2D eigenvalue weighted by atomic mass is 16.5. The molecule has 96 valence electrons. The Balaban J connectivity index is 2.14. The fraction of sp³-hybridized carbons (Fsp3) is 0.833. The molecule has 0 aromatic carbocycles. The number of carboxylic acid groups (broad SMARTS) is 1. The third-order valence-corrected chi connectivity index (χ3v) is 3.77. The number of nitrogens with zero attached hydrogens (tertiary/aromatic N) is 1. The Morgan fingerprint density at radius 1 is 1.47 bits per heavy atom. The number of carboxylic acids is 1. The maximum absolute atomic E-state index is 12.3. The molecule has 2 aliphatic rings. The molecule has 0 aromatic rings. The average Bonchev–Trinajstić information content (AvgIpc) is 3.09. The van der Waals surface area contributed by atoms with Gasteiger partial charge >= 0.3 is 5.97 Å². The molecular formula is C12H19NO4. The van der Waals surface area contributed by atoms with Gasteiger partial charge in [0.2, 0.25) is 5.91 Å². The molecule has 0 spiro atoms. The molecule has 0 aromatic heterocycles. The van der Waals surface area contributed by atoms with Crippen molar-refractivity contribution in [2.75, 3.05) is 13.2 Å². The largest absolute Gasteiger partial charge is 0.480 e. The molecule has 2 atom stereocenters. The van der Waals surface area contributed by atoms with Crippen molar-refractivity contribution in [2.45, 2.75) is 45.3 Å². The summed E-state index contributed by atoms with van der Waals surface area (Å²) in [6.07, 6.45) is 1.74. The van der Waals surface area contributed by atoms with Gasteiger partial charge in [-0.25, -0.2) is 0 Å². The zero-order chi connectivity index (χ0) is 12.6. The van der Waals surface area contributed by atoms with E-state index in [9.17, 15) is 9.59 Å². The highest BCUT2D eigenvalue weighted by Crippen LogP contribution is 2.48. The summed E-state index contributed by atoms with van der Waals surface area (Å²) >= 11 is 0. The summed E-state index contributed by atoms with van der Waals surface area (Å²) in [5, 5.41) is 9.15. The molecule has 1 aliphatic heterocycles. The van der Waals surface area contributed by atoms with Gasteiger partial charge in [-0.2, -0.15) is 0 Å². The van der Waals surface area contributed by atoms with E-state index in [1.54, 1.807) is 4.90 Å².